The number of ketones is 1. The summed E-state index contributed by atoms with van der Waals surface area (Å²) < 4.78 is 16.6. The quantitative estimate of drug-likeness (QED) is 0.238. The number of Topliss-reactive ketones (excluding diaryl/α,β-unsaturated/α-hetero) is 1. The summed E-state index contributed by atoms with van der Waals surface area (Å²) in [5.74, 6) is -0.499. The molecule has 0 radical (unpaired) electrons. The minimum atomic E-state index is -0.886. The van der Waals surface area contributed by atoms with Gasteiger partial charge in [-0.25, -0.2) is 0 Å². The first-order valence-corrected chi connectivity index (χ1v) is 12.3. The van der Waals surface area contributed by atoms with Gasteiger partial charge < -0.3 is 24.2 Å². The molecule has 1 fully saturated rings. The van der Waals surface area contributed by atoms with Crippen LogP contribution in [0.15, 0.2) is 72.3 Å². The van der Waals surface area contributed by atoms with Crippen LogP contribution in [0, 0.1) is 0 Å². The molecule has 8 heteroatoms. The average molecular weight is 517 g/mol. The summed E-state index contributed by atoms with van der Waals surface area (Å²) in [4.78, 5) is 30.5. The van der Waals surface area contributed by atoms with Crippen molar-refractivity contribution < 1.29 is 28.9 Å². The molecule has 3 aromatic rings. The summed E-state index contributed by atoms with van der Waals surface area (Å²) in [6.07, 6.45) is 0.829. The van der Waals surface area contributed by atoms with E-state index in [4.69, 9.17) is 14.2 Å². The zero-order valence-corrected chi connectivity index (χ0v) is 22.2. The first kappa shape index (κ1) is 26.6. The van der Waals surface area contributed by atoms with E-state index in [-0.39, 0.29) is 16.9 Å². The van der Waals surface area contributed by atoms with E-state index in [2.05, 4.69) is 0 Å². The van der Waals surface area contributed by atoms with Gasteiger partial charge in [0.05, 0.1) is 38.0 Å². The maximum absolute atomic E-state index is 13.6. The van der Waals surface area contributed by atoms with Gasteiger partial charge in [0, 0.05) is 31.5 Å². The molecular formula is C30H32N2O6. The maximum Gasteiger partial charge on any atom is 0.300 e. The second kappa shape index (κ2) is 11.3. The Morgan fingerprint density at radius 1 is 0.947 bits per heavy atom. The van der Waals surface area contributed by atoms with Crippen molar-refractivity contribution in [3.63, 3.8) is 0 Å². The normalized spacial score (nSPS) is 16.4. The van der Waals surface area contributed by atoms with Crippen LogP contribution in [0.25, 0.3) is 5.76 Å². The van der Waals surface area contributed by atoms with Crippen molar-refractivity contribution in [3.8, 4) is 17.2 Å². The molecule has 0 saturated carbocycles. The number of hydrogen-bond acceptors (Lipinski definition) is 7. The SMILES string of the molecule is CCCOc1cccc(N2C(=O)C(=O)/C(=C(/O)c3cc(OC)ccc3OC)C2c2ccc(N(C)C)cc2)c1. The number of aliphatic hydroxyl groups is 1. The van der Waals surface area contributed by atoms with Crippen LogP contribution in [0.2, 0.25) is 0 Å². The third-order valence-electron chi connectivity index (χ3n) is 6.40. The van der Waals surface area contributed by atoms with Crippen LogP contribution in [0.4, 0.5) is 11.4 Å². The van der Waals surface area contributed by atoms with Gasteiger partial charge in [0.15, 0.2) is 0 Å². The van der Waals surface area contributed by atoms with E-state index in [0.717, 1.165) is 12.1 Å². The zero-order chi connectivity index (χ0) is 27.4. The molecule has 1 N–H and O–H groups in total. The number of anilines is 2. The lowest BCUT2D eigenvalue weighted by molar-refractivity contribution is -0.132. The Labute approximate surface area is 222 Å². The van der Waals surface area contributed by atoms with Gasteiger partial charge >= 0.3 is 0 Å². The highest BCUT2D eigenvalue weighted by Gasteiger charge is 2.47. The van der Waals surface area contributed by atoms with E-state index in [1.165, 1.54) is 19.1 Å². The molecule has 4 rings (SSSR count). The lowest BCUT2D eigenvalue weighted by atomic mass is 9.94. The number of hydrogen-bond donors (Lipinski definition) is 1. The Morgan fingerprint density at radius 3 is 2.32 bits per heavy atom. The first-order chi connectivity index (χ1) is 18.3. The molecule has 1 saturated heterocycles. The number of rotatable bonds is 9. The van der Waals surface area contributed by atoms with Crippen LogP contribution >= 0.6 is 0 Å². The third kappa shape index (κ3) is 5.02. The summed E-state index contributed by atoms with van der Waals surface area (Å²) in [6.45, 7) is 2.53. The first-order valence-electron chi connectivity index (χ1n) is 12.3. The highest BCUT2D eigenvalue weighted by atomic mass is 16.5. The molecule has 0 spiro atoms. The van der Waals surface area contributed by atoms with Gasteiger partial charge in [-0.3, -0.25) is 14.5 Å². The molecule has 198 valence electrons. The van der Waals surface area contributed by atoms with Crippen LogP contribution < -0.4 is 24.0 Å². The highest BCUT2D eigenvalue weighted by Crippen LogP contribution is 2.44. The molecule has 1 heterocycles. The molecule has 1 unspecified atom stereocenters. The summed E-state index contributed by atoms with van der Waals surface area (Å²) in [5.41, 5.74) is 2.31. The van der Waals surface area contributed by atoms with E-state index >= 15 is 0 Å². The molecule has 0 bridgehead atoms. The molecule has 38 heavy (non-hydrogen) atoms. The molecule has 1 aliphatic heterocycles. The topological polar surface area (TPSA) is 88.5 Å². The molecule has 1 amide bonds. The molecule has 3 aromatic carbocycles. The van der Waals surface area contributed by atoms with Crippen molar-refractivity contribution in [2.45, 2.75) is 19.4 Å². The molecule has 0 aromatic heterocycles. The summed E-state index contributed by atoms with van der Waals surface area (Å²) in [6, 6.07) is 18.6. The van der Waals surface area contributed by atoms with Crippen molar-refractivity contribution in [1.82, 2.24) is 0 Å². The predicted octanol–water partition coefficient (Wildman–Crippen LogP) is 5.18. The van der Waals surface area contributed by atoms with Crippen molar-refractivity contribution in [2.75, 3.05) is 44.7 Å². The van der Waals surface area contributed by atoms with E-state index in [0.29, 0.717) is 35.1 Å². The van der Waals surface area contributed by atoms with Gasteiger partial charge in [0.2, 0.25) is 0 Å². The number of nitrogens with zero attached hydrogens (tertiary/aromatic N) is 2. The average Bonchev–Trinajstić information content (AvgIpc) is 3.21. The molecule has 0 aliphatic carbocycles. The van der Waals surface area contributed by atoms with Crippen LogP contribution in [0.1, 0.15) is 30.5 Å². The smallest absolute Gasteiger partial charge is 0.300 e. The Balaban J connectivity index is 1.93. The van der Waals surface area contributed by atoms with E-state index in [1.807, 2.05) is 50.2 Å². The number of methoxy groups -OCH3 is 2. The third-order valence-corrected chi connectivity index (χ3v) is 6.40. The standard InChI is InChI=1S/C30H32N2O6/c1-6-16-38-23-9-7-8-21(17-23)32-27(19-10-12-20(13-11-19)31(2)3)26(29(34)30(32)35)28(33)24-18-22(36-4)14-15-25(24)37-5/h7-15,17-18,27,33H,6,16H2,1-5H3/b28-26+. The van der Waals surface area contributed by atoms with E-state index in [1.54, 1.807) is 42.5 Å². The van der Waals surface area contributed by atoms with Gasteiger partial charge in [-0.2, -0.15) is 0 Å². The fourth-order valence-electron chi connectivity index (χ4n) is 4.46. The van der Waals surface area contributed by atoms with Crippen LogP contribution in [0.3, 0.4) is 0 Å². The van der Waals surface area contributed by atoms with Gasteiger partial charge in [-0.1, -0.05) is 25.1 Å². The lowest BCUT2D eigenvalue weighted by Crippen LogP contribution is -2.29. The number of carbonyl (C=O) groups excluding carboxylic acids is 2. The van der Waals surface area contributed by atoms with E-state index < -0.39 is 17.7 Å². The van der Waals surface area contributed by atoms with Crippen molar-refractivity contribution >= 4 is 28.8 Å². The van der Waals surface area contributed by atoms with Gasteiger partial charge in [-0.05, 0) is 54.4 Å². The number of aliphatic hydroxyl groups excluding tert-OH is 1. The Kier molecular flexibility index (Phi) is 7.90. The Morgan fingerprint density at radius 2 is 1.68 bits per heavy atom. The number of benzene rings is 3. The predicted molar refractivity (Wildman–Crippen MR) is 147 cm³/mol. The maximum atomic E-state index is 13.6. The second-order valence-electron chi connectivity index (χ2n) is 9.07. The monoisotopic (exact) mass is 516 g/mol. The summed E-state index contributed by atoms with van der Waals surface area (Å²) in [5, 5.41) is 11.6. The minimum absolute atomic E-state index is 0.0426. The van der Waals surface area contributed by atoms with E-state index in [9.17, 15) is 14.7 Å². The van der Waals surface area contributed by atoms with Crippen molar-refractivity contribution in [2.24, 2.45) is 0 Å². The van der Waals surface area contributed by atoms with Gasteiger partial charge in [-0.15, -0.1) is 0 Å². The second-order valence-corrected chi connectivity index (χ2v) is 9.07. The summed E-state index contributed by atoms with van der Waals surface area (Å²) in [7, 11) is 6.83. The fourth-order valence-corrected chi connectivity index (χ4v) is 4.46. The Hall–Kier alpha value is -4.46. The van der Waals surface area contributed by atoms with Crippen LogP contribution in [0.5, 0.6) is 17.2 Å². The highest BCUT2D eigenvalue weighted by molar-refractivity contribution is 6.51. The summed E-state index contributed by atoms with van der Waals surface area (Å²) >= 11 is 0. The minimum Gasteiger partial charge on any atom is -0.507 e. The van der Waals surface area contributed by atoms with Gasteiger partial charge in [0.25, 0.3) is 11.7 Å². The lowest BCUT2D eigenvalue weighted by Gasteiger charge is -2.26. The Bertz CT molecular complexity index is 1360. The number of carbonyl (C=O) groups is 2. The van der Waals surface area contributed by atoms with Crippen LogP contribution in [-0.2, 0) is 9.59 Å². The zero-order valence-electron chi connectivity index (χ0n) is 22.2. The molecule has 1 atom stereocenters. The number of ether oxygens (including phenoxy) is 3. The molecule has 1 aliphatic rings. The largest absolute Gasteiger partial charge is 0.507 e. The van der Waals surface area contributed by atoms with Crippen LogP contribution in [-0.4, -0.2) is 51.7 Å². The number of amides is 1. The molecule has 8 nitrogen and oxygen atoms in total. The van der Waals surface area contributed by atoms with Crippen molar-refractivity contribution in [1.29, 1.82) is 0 Å². The fraction of sp³-hybridized carbons (Fsp3) is 0.267. The van der Waals surface area contributed by atoms with Gasteiger partial charge in [0.1, 0.15) is 23.0 Å². The molecular weight excluding hydrogens is 484 g/mol. The van der Waals surface area contributed by atoms with Crippen molar-refractivity contribution in [3.05, 3.63) is 83.4 Å².